The lowest BCUT2D eigenvalue weighted by atomic mass is 9.86. The van der Waals surface area contributed by atoms with Crippen LogP contribution in [0.1, 0.15) is 43.1 Å². The molecule has 1 unspecified atom stereocenters. The topological polar surface area (TPSA) is 92.3 Å². The lowest BCUT2D eigenvalue weighted by Gasteiger charge is -2.20. The van der Waals surface area contributed by atoms with Crippen LogP contribution in [0.25, 0.3) is 0 Å². The van der Waals surface area contributed by atoms with E-state index in [0.717, 1.165) is 11.8 Å². The van der Waals surface area contributed by atoms with E-state index in [0.29, 0.717) is 5.56 Å². The van der Waals surface area contributed by atoms with Gasteiger partial charge in [-0.2, -0.15) is 0 Å². The fraction of sp³-hybridized carbons (Fsp3) is 0.364. The van der Waals surface area contributed by atoms with Crippen molar-refractivity contribution < 1.29 is 22.4 Å². The molecule has 2 N–H and O–H groups in total. The second-order valence-electron chi connectivity index (χ2n) is 8.24. The van der Waals surface area contributed by atoms with Crippen molar-refractivity contribution in [1.82, 2.24) is 5.32 Å². The monoisotopic (exact) mass is 434 g/mol. The first-order chi connectivity index (χ1) is 13.9. The van der Waals surface area contributed by atoms with E-state index in [4.69, 9.17) is 0 Å². The maximum Gasteiger partial charge on any atom is 0.251 e. The minimum absolute atomic E-state index is 0.0457. The van der Waals surface area contributed by atoms with Crippen molar-refractivity contribution in [2.75, 3.05) is 17.3 Å². The number of hydrogen-bond donors (Lipinski definition) is 2. The molecular weight excluding hydrogens is 407 g/mol. The van der Waals surface area contributed by atoms with Crippen LogP contribution >= 0.6 is 0 Å². The summed E-state index contributed by atoms with van der Waals surface area (Å²) in [5.74, 6) is -2.14. The molecule has 2 amide bonds. The highest BCUT2D eigenvalue weighted by Crippen LogP contribution is 2.22. The third kappa shape index (κ3) is 6.95. The van der Waals surface area contributed by atoms with Crippen LogP contribution in [0.15, 0.2) is 48.5 Å². The highest BCUT2D eigenvalue weighted by Gasteiger charge is 2.24. The minimum atomic E-state index is -3.36. The summed E-state index contributed by atoms with van der Waals surface area (Å²) in [5.41, 5.74) is 1.26. The molecule has 0 saturated heterocycles. The first-order valence-electron chi connectivity index (χ1n) is 9.51. The van der Waals surface area contributed by atoms with Crippen molar-refractivity contribution in [2.24, 2.45) is 0 Å². The molecule has 0 spiro atoms. The zero-order valence-electron chi connectivity index (χ0n) is 17.5. The molecule has 0 heterocycles. The SMILES string of the molecule is CC(C)(C)c1ccc(C(=O)NC(CCS(C)(=O)=O)C(=O)Nc2ccccc2F)cc1. The van der Waals surface area contributed by atoms with E-state index in [9.17, 15) is 22.4 Å². The van der Waals surface area contributed by atoms with Gasteiger partial charge in [0.15, 0.2) is 0 Å². The Balaban J connectivity index is 2.18. The number of carbonyl (C=O) groups is 2. The largest absolute Gasteiger partial charge is 0.340 e. The van der Waals surface area contributed by atoms with E-state index in [2.05, 4.69) is 31.4 Å². The predicted molar refractivity (Wildman–Crippen MR) is 116 cm³/mol. The van der Waals surface area contributed by atoms with Crippen LogP contribution in [0.4, 0.5) is 10.1 Å². The number of carbonyl (C=O) groups excluding carboxylic acids is 2. The Labute approximate surface area is 176 Å². The molecule has 0 radical (unpaired) electrons. The number of halogens is 1. The Hall–Kier alpha value is -2.74. The molecule has 162 valence electrons. The van der Waals surface area contributed by atoms with Crippen molar-refractivity contribution in [1.29, 1.82) is 0 Å². The highest BCUT2D eigenvalue weighted by atomic mass is 32.2. The van der Waals surface area contributed by atoms with E-state index in [1.165, 1.54) is 18.2 Å². The van der Waals surface area contributed by atoms with Crippen LogP contribution < -0.4 is 10.6 Å². The average Bonchev–Trinajstić information content (AvgIpc) is 2.65. The summed E-state index contributed by atoms with van der Waals surface area (Å²) in [5, 5.41) is 4.97. The molecule has 0 aliphatic rings. The first-order valence-corrected chi connectivity index (χ1v) is 11.6. The van der Waals surface area contributed by atoms with Gasteiger partial charge in [0, 0.05) is 11.8 Å². The van der Waals surface area contributed by atoms with Gasteiger partial charge in [-0.3, -0.25) is 9.59 Å². The van der Waals surface area contributed by atoms with Gasteiger partial charge in [-0.1, -0.05) is 45.0 Å². The van der Waals surface area contributed by atoms with Crippen molar-refractivity contribution in [3.63, 3.8) is 0 Å². The number of benzene rings is 2. The molecule has 0 aliphatic carbocycles. The Morgan fingerprint density at radius 1 is 1.03 bits per heavy atom. The molecule has 8 heteroatoms. The fourth-order valence-electron chi connectivity index (χ4n) is 2.75. The second-order valence-corrected chi connectivity index (χ2v) is 10.5. The van der Waals surface area contributed by atoms with Crippen LogP contribution in [-0.2, 0) is 20.0 Å². The smallest absolute Gasteiger partial charge is 0.251 e. The molecule has 0 fully saturated rings. The number of nitrogens with one attached hydrogen (secondary N) is 2. The van der Waals surface area contributed by atoms with Gasteiger partial charge >= 0.3 is 0 Å². The second kappa shape index (κ2) is 9.38. The van der Waals surface area contributed by atoms with Crippen molar-refractivity contribution in [3.8, 4) is 0 Å². The minimum Gasteiger partial charge on any atom is -0.340 e. The van der Waals surface area contributed by atoms with Crippen LogP contribution in [0, 0.1) is 5.82 Å². The van der Waals surface area contributed by atoms with Crippen LogP contribution in [-0.4, -0.2) is 38.3 Å². The molecule has 30 heavy (non-hydrogen) atoms. The fourth-order valence-corrected chi connectivity index (χ4v) is 3.41. The normalized spacial score (nSPS) is 12.8. The summed E-state index contributed by atoms with van der Waals surface area (Å²) in [6.07, 6.45) is 0.913. The summed E-state index contributed by atoms with van der Waals surface area (Å²) < 4.78 is 37.0. The van der Waals surface area contributed by atoms with E-state index in [1.54, 1.807) is 18.2 Å². The number of anilines is 1. The van der Waals surface area contributed by atoms with Gasteiger partial charge < -0.3 is 10.6 Å². The highest BCUT2D eigenvalue weighted by molar-refractivity contribution is 7.90. The van der Waals surface area contributed by atoms with E-state index in [1.807, 2.05) is 12.1 Å². The van der Waals surface area contributed by atoms with Gasteiger partial charge in [0.2, 0.25) is 5.91 Å². The van der Waals surface area contributed by atoms with Crippen LogP contribution in [0.3, 0.4) is 0 Å². The standard InChI is InChI=1S/C22H27FN2O4S/c1-22(2,3)16-11-9-15(10-12-16)20(26)25-19(13-14-30(4,28)29)21(27)24-18-8-6-5-7-17(18)23/h5-12,19H,13-14H2,1-4H3,(H,24,27)(H,25,26). The summed E-state index contributed by atoms with van der Waals surface area (Å²) >= 11 is 0. The van der Waals surface area contributed by atoms with E-state index in [-0.39, 0.29) is 23.3 Å². The van der Waals surface area contributed by atoms with Crippen molar-refractivity contribution in [2.45, 2.75) is 38.6 Å². The van der Waals surface area contributed by atoms with Gasteiger partial charge in [-0.25, -0.2) is 12.8 Å². The van der Waals surface area contributed by atoms with E-state index < -0.39 is 33.5 Å². The Morgan fingerprint density at radius 2 is 1.63 bits per heavy atom. The molecule has 0 aromatic heterocycles. The van der Waals surface area contributed by atoms with Crippen LogP contribution in [0.2, 0.25) is 0 Å². The first kappa shape index (κ1) is 23.5. The number of sulfone groups is 1. The Bertz CT molecular complexity index is 1010. The molecule has 0 aliphatic heterocycles. The number of rotatable bonds is 7. The molecule has 0 bridgehead atoms. The van der Waals surface area contributed by atoms with Crippen LogP contribution in [0.5, 0.6) is 0 Å². The molecule has 2 aromatic rings. The summed E-state index contributed by atoms with van der Waals surface area (Å²) in [4.78, 5) is 25.3. The molecule has 2 rings (SSSR count). The maximum atomic E-state index is 13.9. The van der Waals surface area contributed by atoms with Gasteiger partial charge in [0.05, 0.1) is 11.4 Å². The molecule has 6 nitrogen and oxygen atoms in total. The lowest BCUT2D eigenvalue weighted by molar-refractivity contribution is -0.118. The van der Waals surface area contributed by atoms with Gasteiger partial charge in [0.1, 0.15) is 21.7 Å². The van der Waals surface area contributed by atoms with Crippen molar-refractivity contribution in [3.05, 3.63) is 65.5 Å². The molecule has 1 atom stereocenters. The van der Waals surface area contributed by atoms with Crippen molar-refractivity contribution >= 4 is 27.3 Å². The Morgan fingerprint density at radius 3 is 2.17 bits per heavy atom. The number of para-hydroxylation sites is 1. The third-order valence-electron chi connectivity index (χ3n) is 4.54. The summed E-state index contributed by atoms with van der Waals surface area (Å²) in [7, 11) is -3.36. The maximum absolute atomic E-state index is 13.9. The van der Waals surface area contributed by atoms with Gasteiger partial charge in [-0.15, -0.1) is 0 Å². The number of hydrogen-bond acceptors (Lipinski definition) is 4. The van der Waals surface area contributed by atoms with E-state index >= 15 is 0 Å². The zero-order valence-corrected chi connectivity index (χ0v) is 18.3. The number of amides is 2. The predicted octanol–water partition coefficient (Wildman–Crippen LogP) is 3.30. The third-order valence-corrected chi connectivity index (χ3v) is 5.52. The molecule has 2 aromatic carbocycles. The Kier molecular flexibility index (Phi) is 7.36. The molecular formula is C22H27FN2O4S. The van der Waals surface area contributed by atoms with Gasteiger partial charge in [0.25, 0.3) is 5.91 Å². The molecule has 0 saturated carbocycles. The summed E-state index contributed by atoms with van der Waals surface area (Å²) in [6, 6.07) is 11.4. The zero-order chi connectivity index (χ0) is 22.5. The summed E-state index contributed by atoms with van der Waals surface area (Å²) in [6.45, 7) is 6.16. The van der Waals surface area contributed by atoms with Gasteiger partial charge in [-0.05, 0) is 41.7 Å². The lowest BCUT2D eigenvalue weighted by Crippen LogP contribution is -2.45. The average molecular weight is 435 g/mol. The quantitative estimate of drug-likeness (QED) is 0.699.